The number of benzene rings is 2. The van der Waals surface area contributed by atoms with Crippen molar-refractivity contribution in [3.8, 4) is 0 Å². The minimum atomic E-state index is -0.453. The summed E-state index contributed by atoms with van der Waals surface area (Å²) in [6, 6.07) is 17.2. The molecule has 0 aliphatic rings. The molecule has 2 rings (SSSR count). The summed E-state index contributed by atoms with van der Waals surface area (Å²) in [5.74, 6) is -0.00829. The molecule has 0 heterocycles. The molecule has 2 heteroatoms. The van der Waals surface area contributed by atoms with Crippen LogP contribution >= 0.6 is 0 Å². The van der Waals surface area contributed by atoms with E-state index in [-0.39, 0.29) is 5.92 Å². The van der Waals surface area contributed by atoms with E-state index in [2.05, 4.69) is 81.5 Å². The van der Waals surface area contributed by atoms with E-state index >= 15 is 0 Å². The average molecular weight is 418 g/mol. The molecule has 2 nitrogen and oxygen atoms in total. The van der Waals surface area contributed by atoms with E-state index < -0.39 is 6.10 Å². The standard InChI is InChI=1S/C20H27NO.4C2H6/c1-14(2)21-13-19(22)20(17-9-5-7-15(3)11-17)18-10-6-8-16(4)12-18;4*1-2/h5-12,14,19-22H,13H2,1-4H3;4*1-2H3. The van der Waals surface area contributed by atoms with E-state index in [1.165, 1.54) is 22.3 Å². The van der Waals surface area contributed by atoms with Crippen molar-refractivity contribution < 1.29 is 5.11 Å². The second-order valence-electron chi connectivity index (χ2n) is 6.44. The van der Waals surface area contributed by atoms with Crippen LogP contribution in [0.25, 0.3) is 0 Å². The summed E-state index contributed by atoms with van der Waals surface area (Å²) in [6.45, 7) is 25.0. The Kier molecular flexibility index (Phi) is 24.3. The highest BCUT2D eigenvalue weighted by molar-refractivity contribution is 5.37. The van der Waals surface area contributed by atoms with Crippen LogP contribution in [-0.2, 0) is 0 Å². The molecule has 174 valence electrons. The predicted octanol–water partition coefficient (Wildman–Crippen LogP) is 7.90. The van der Waals surface area contributed by atoms with Gasteiger partial charge in [0.1, 0.15) is 0 Å². The van der Waals surface area contributed by atoms with Gasteiger partial charge in [0.25, 0.3) is 0 Å². The Morgan fingerprint density at radius 3 is 1.37 bits per heavy atom. The van der Waals surface area contributed by atoms with Gasteiger partial charge in [-0.05, 0) is 25.0 Å². The van der Waals surface area contributed by atoms with Crippen LogP contribution in [0.1, 0.15) is 97.4 Å². The third-order valence-electron chi connectivity index (χ3n) is 3.92. The molecular formula is C28H51NO. The number of nitrogens with one attached hydrogen (secondary N) is 1. The summed E-state index contributed by atoms with van der Waals surface area (Å²) in [7, 11) is 0. The number of hydrogen-bond donors (Lipinski definition) is 2. The minimum Gasteiger partial charge on any atom is -0.391 e. The van der Waals surface area contributed by atoms with E-state index in [9.17, 15) is 5.11 Å². The van der Waals surface area contributed by atoms with Gasteiger partial charge in [-0.25, -0.2) is 0 Å². The highest BCUT2D eigenvalue weighted by atomic mass is 16.3. The summed E-state index contributed by atoms with van der Waals surface area (Å²) in [5.41, 5.74) is 4.78. The first-order chi connectivity index (χ1) is 14.5. The maximum Gasteiger partial charge on any atom is 0.0773 e. The molecule has 0 fully saturated rings. The Morgan fingerprint density at radius 2 is 1.07 bits per heavy atom. The molecule has 0 aromatic heterocycles. The fourth-order valence-electron chi connectivity index (χ4n) is 2.84. The van der Waals surface area contributed by atoms with Gasteiger partial charge in [-0.3, -0.25) is 0 Å². The van der Waals surface area contributed by atoms with Gasteiger partial charge in [0.2, 0.25) is 0 Å². The van der Waals surface area contributed by atoms with Gasteiger partial charge in [-0.15, -0.1) is 0 Å². The molecule has 1 unspecified atom stereocenters. The van der Waals surface area contributed by atoms with Crippen LogP contribution in [0.5, 0.6) is 0 Å². The highest BCUT2D eigenvalue weighted by Gasteiger charge is 2.23. The molecule has 0 saturated heterocycles. The quantitative estimate of drug-likeness (QED) is 0.500. The Bertz CT molecular complexity index is 562. The minimum absolute atomic E-state index is 0.00829. The maximum absolute atomic E-state index is 10.8. The maximum atomic E-state index is 10.8. The first-order valence-electron chi connectivity index (χ1n) is 12.0. The van der Waals surface area contributed by atoms with Crippen LogP contribution in [0.3, 0.4) is 0 Å². The van der Waals surface area contributed by atoms with Crippen LogP contribution < -0.4 is 5.32 Å². The van der Waals surface area contributed by atoms with Gasteiger partial charge in [0.15, 0.2) is 0 Å². The monoisotopic (exact) mass is 417 g/mol. The predicted molar refractivity (Wildman–Crippen MR) is 139 cm³/mol. The molecular weight excluding hydrogens is 366 g/mol. The second-order valence-corrected chi connectivity index (χ2v) is 6.44. The molecule has 0 radical (unpaired) electrons. The Balaban J connectivity index is -0.000000815. The molecule has 2 N–H and O–H groups in total. The largest absolute Gasteiger partial charge is 0.391 e. The topological polar surface area (TPSA) is 32.3 Å². The summed E-state index contributed by atoms with van der Waals surface area (Å²) >= 11 is 0. The molecule has 0 amide bonds. The van der Waals surface area contributed by atoms with Crippen LogP contribution in [0, 0.1) is 13.8 Å². The zero-order valence-corrected chi connectivity index (χ0v) is 22.0. The van der Waals surface area contributed by atoms with Crippen LogP contribution in [0.4, 0.5) is 0 Å². The molecule has 0 aliphatic heterocycles. The molecule has 2 aromatic rings. The lowest BCUT2D eigenvalue weighted by molar-refractivity contribution is 0.151. The van der Waals surface area contributed by atoms with Gasteiger partial charge in [-0.2, -0.15) is 0 Å². The van der Waals surface area contributed by atoms with E-state index in [1.807, 2.05) is 55.4 Å². The SMILES string of the molecule is CC.CC.CC.CC.Cc1cccc(C(c2cccc(C)c2)C(O)CNC(C)C)c1. The average Bonchev–Trinajstić information content (AvgIpc) is 2.78. The van der Waals surface area contributed by atoms with Crippen LogP contribution in [-0.4, -0.2) is 23.8 Å². The number of rotatable bonds is 6. The van der Waals surface area contributed by atoms with E-state index in [1.54, 1.807) is 0 Å². The molecule has 0 aliphatic carbocycles. The van der Waals surface area contributed by atoms with Gasteiger partial charge in [-0.1, -0.05) is 129 Å². The third-order valence-corrected chi connectivity index (χ3v) is 3.92. The Labute approximate surface area is 189 Å². The fraction of sp³-hybridized carbons (Fsp3) is 0.571. The lowest BCUT2D eigenvalue weighted by Crippen LogP contribution is -2.35. The van der Waals surface area contributed by atoms with Gasteiger partial charge >= 0.3 is 0 Å². The first-order valence-corrected chi connectivity index (χ1v) is 12.0. The highest BCUT2D eigenvalue weighted by Crippen LogP contribution is 2.29. The van der Waals surface area contributed by atoms with Crippen molar-refractivity contribution in [2.75, 3.05) is 6.54 Å². The third kappa shape index (κ3) is 13.6. The molecule has 1 atom stereocenters. The van der Waals surface area contributed by atoms with Crippen molar-refractivity contribution in [1.82, 2.24) is 5.32 Å². The van der Waals surface area contributed by atoms with Crippen molar-refractivity contribution >= 4 is 0 Å². The Morgan fingerprint density at radius 1 is 0.700 bits per heavy atom. The zero-order chi connectivity index (χ0) is 24.1. The Hall–Kier alpha value is -1.64. The molecule has 30 heavy (non-hydrogen) atoms. The van der Waals surface area contributed by atoms with Crippen LogP contribution in [0.15, 0.2) is 48.5 Å². The normalized spacial score (nSPS) is 10.2. The van der Waals surface area contributed by atoms with Crippen molar-refractivity contribution in [2.24, 2.45) is 0 Å². The summed E-state index contributed by atoms with van der Waals surface area (Å²) in [5, 5.41) is 14.1. The summed E-state index contributed by atoms with van der Waals surface area (Å²) < 4.78 is 0. The van der Waals surface area contributed by atoms with Crippen molar-refractivity contribution in [3.05, 3.63) is 70.8 Å². The van der Waals surface area contributed by atoms with Crippen molar-refractivity contribution in [1.29, 1.82) is 0 Å². The van der Waals surface area contributed by atoms with Gasteiger partial charge < -0.3 is 10.4 Å². The smallest absolute Gasteiger partial charge is 0.0773 e. The first kappa shape index (κ1) is 33.0. The number of hydrogen-bond acceptors (Lipinski definition) is 2. The lowest BCUT2D eigenvalue weighted by atomic mass is 9.85. The van der Waals surface area contributed by atoms with Gasteiger partial charge in [0, 0.05) is 18.5 Å². The number of aliphatic hydroxyl groups is 1. The molecule has 0 spiro atoms. The number of aliphatic hydroxyl groups excluding tert-OH is 1. The van der Waals surface area contributed by atoms with Crippen molar-refractivity contribution in [2.45, 2.75) is 101 Å². The summed E-state index contributed by atoms with van der Waals surface area (Å²) in [4.78, 5) is 0. The van der Waals surface area contributed by atoms with E-state index in [0.717, 1.165) is 0 Å². The zero-order valence-electron chi connectivity index (χ0n) is 22.0. The van der Waals surface area contributed by atoms with E-state index in [0.29, 0.717) is 12.6 Å². The van der Waals surface area contributed by atoms with Crippen LogP contribution in [0.2, 0.25) is 0 Å². The molecule has 2 aromatic carbocycles. The molecule has 0 saturated carbocycles. The van der Waals surface area contributed by atoms with Gasteiger partial charge in [0.05, 0.1) is 6.10 Å². The molecule has 0 bridgehead atoms. The second kappa shape index (κ2) is 22.1. The van der Waals surface area contributed by atoms with Crippen molar-refractivity contribution in [3.63, 3.8) is 0 Å². The fourth-order valence-corrected chi connectivity index (χ4v) is 2.84. The number of aryl methyl sites for hydroxylation is 2. The van der Waals surface area contributed by atoms with E-state index in [4.69, 9.17) is 0 Å². The lowest BCUT2D eigenvalue weighted by Gasteiger charge is -2.26. The summed E-state index contributed by atoms with van der Waals surface area (Å²) in [6.07, 6.45) is -0.453.